The fourth-order valence-corrected chi connectivity index (χ4v) is 5.16. The number of piperidine rings is 1. The van der Waals surface area contributed by atoms with Gasteiger partial charge in [-0.15, -0.1) is 0 Å². The third-order valence-electron chi connectivity index (χ3n) is 3.87. The molecule has 1 saturated heterocycles. The van der Waals surface area contributed by atoms with Crippen LogP contribution >= 0.6 is 15.9 Å². The van der Waals surface area contributed by atoms with Gasteiger partial charge < -0.3 is 10.5 Å². The van der Waals surface area contributed by atoms with E-state index < -0.39 is 10.0 Å². The number of methoxy groups -OCH3 is 1. The highest BCUT2D eigenvalue weighted by molar-refractivity contribution is 9.10. The van der Waals surface area contributed by atoms with Crippen molar-refractivity contribution >= 4 is 31.6 Å². The van der Waals surface area contributed by atoms with Gasteiger partial charge in [-0.2, -0.15) is 4.31 Å². The summed E-state index contributed by atoms with van der Waals surface area (Å²) in [5, 5.41) is 0. The zero-order valence-corrected chi connectivity index (χ0v) is 14.7. The zero-order valence-electron chi connectivity index (χ0n) is 12.3. The highest BCUT2D eigenvalue weighted by atomic mass is 79.9. The van der Waals surface area contributed by atoms with E-state index in [-0.39, 0.29) is 10.8 Å². The van der Waals surface area contributed by atoms with E-state index in [1.807, 2.05) is 0 Å². The topological polar surface area (TPSA) is 72.6 Å². The fraction of sp³-hybridized carbons (Fsp3) is 0.571. The van der Waals surface area contributed by atoms with Gasteiger partial charge in [-0.05, 0) is 43.4 Å². The second kappa shape index (κ2) is 6.64. The zero-order chi connectivity index (χ0) is 15.6. The van der Waals surface area contributed by atoms with Crippen molar-refractivity contribution in [3.63, 3.8) is 0 Å². The van der Waals surface area contributed by atoms with Gasteiger partial charge in [-0.1, -0.05) is 15.9 Å². The number of anilines is 1. The lowest BCUT2D eigenvalue weighted by atomic mass is 10.0. The Kier molecular flexibility index (Phi) is 5.29. The first-order chi connectivity index (χ1) is 9.86. The Morgan fingerprint density at radius 2 is 2.19 bits per heavy atom. The fourth-order valence-electron chi connectivity index (χ4n) is 2.70. The second-order valence-electron chi connectivity index (χ2n) is 5.44. The summed E-state index contributed by atoms with van der Waals surface area (Å²) in [5.41, 5.74) is 6.97. The second-order valence-corrected chi connectivity index (χ2v) is 8.27. The maximum Gasteiger partial charge on any atom is 0.243 e. The normalized spacial score (nSPS) is 20.6. The summed E-state index contributed by atoms with van der Waals surface area (Å²) in [7, 11) is -1.88. The molecule has 0 amide bonds. The van der Waals surface area contributed by atoms with E-state index in [0.717, 1.165) is 12.8 Å². The van der Waals surface area contributed by atoms with E-state index in [9.17, 15) is 8.42 Å². The Morgan fingerprint density at radius 3 is 2.86 bits per heavy atom. The number of hydrogen-bond acceptors (Lipinski definition) is 4. The maximum atomic E-state index is 12.9. The molecule has 1 aliphatic heterocycles. The van der Waals surface area contributed by atoms with E-state index in [4.69, 9.17) is 10.5 Å². The molecule has 118 valence electrons. The van der Waals surface area contributed by atoms with Crippen molar-refractivity contribution in [1.82, 2.24) is 4.31 Å². The monoisotopic (exact) mass is 376 g/mol. The van der Waals surface area contributed by atoms with Gasteiger partial charge in [0.2, 0.25) is 10.0 Å². The quantitative estimate of drug-likeness (QED) is 0.818. The van der Waals surface area contributed by atoms with E-state index >= 15 is 0 Å². The van der Waals surface area contributed by atoms with Crippen LogP contribution in [-0.2, 0) is 14.8 Å². The average molecular weight is 377 g/mol. The first-order valence-electron chi connectivity index (χ1n) is 6.91. The van der Waals surface area contributed by atoms with Crippen molar-refractivity contribution in [2.24, 2.45) is 5.92 Å². The molecule has 2 rings (SSSR count). The molecule has 1 atom stereocenters. The molecule has 1 unspecified atom stereocenters. The smallest absolute Gasteiger partial charge is 0.243 e. The van der Waals surface area contributed by atoms with Crippen LogP contribution in [0.15, 0.2) is 21.5 Å². The van der Waals surface area contributed by atoms with Gasteiger partial charge in [0.25, 0.3) is 0 Å². The Labute approximate surface area is 134 Å². The molecule has 7 heteroatoms. The van der Waals surface area contributed by atoms with Crippen LogP contribution < -0.4 is 5.73 Å². The number of hydrogen-bond donors (Lipinski definition) is 1. The molecule has 0 aromatic heterocycles. The number of nitrogens with two attached hydrogens (primary N) is 1. The molecule has 0 bridgehead atoms. The molecule has 1 heterocycles. The lowest BCUT2D eigenvalue weighted by Crippen LogP contribution is -2.41. The molecule has 21 heavy (non-hydrogen) atoms. The van der Waals surface area contributed by atoms with Crippen molar-refractivity contribution in [1.29, 1.82) is 0 Å². The molecule has 1 aromatic rings. The van der Waals surface area contributed by atoms with E-state index in [0.29, 0.717) is 35.4 Å². The van der Waals surface area contributed by atoms with Crippen molar-refractivity contribution < 1.29 is 13.2 Å². The SMILES string of the molecule is COCC1CCCN(S(=O)(=O)c2cc(Br)cc(N)c2C)C1. The molecule has 0 aliphatic carbocycles. The third-order valence-corrected chi connectivity index (χ3v) is 6.32. The van der Waals surface area contributed by atoms with Crippen molar-refractivity contribution in [3.8, 4) is 0 Å². The van der Waals surface area contributed by atoms with Crippen LogP contribution in [0.1, 0.15) is 18.4 Å². The predicted octanol–water partition coefficient (Wildman–Crippen LogP) is 2.39. The maximum absolute atomic E-state index is 12.9. The highest BCUT2D eigenvalue weighted by Crippen LogP contribution is 2.30. The number of rotatable bonds is 4. The van der Waals surface area contributed by atoms with E-state index in [2.05, 4.69) is 15.9 Å². The molecule has 0 radical (unpaired) electrons. The van der Waals surface area contributed by atoms with Crippen LogP contribution in [0.2, 0.25) is 0 Å². The summed E-state index contributed by atoms with van der Waals surface area (Å²) >= 11 is 3.32. The molecule has 1 fully saturated rings. The number of nitrogen functional groups attached to an aromatic ring is 1. The molecule has 0 saturated carbocycles. The third kappa shape index (κ3) is 3.59. The van der Waals surface area contributed by atoms with Crippen LogP contribution in [0.4, 0.5) is 5.69 Å². The number of sulfonamides is 1. The summed E-state index contributed by atoms with van der Waals surface area (Å²) in [6, 6.07) is 3.35. The highest BCUT2D eigenvalue weighted by Gasteiger charge is 2.31. The predicted molar refractivity (Wildman–Crippen MR) is 86.7 cm³/mol. The van der Waals surface area contributed by atoms with Crippen LogP contribution in [0, 0.1) is 12.8 Å². The lowest BCUT2D eigenvalue weighted by Gasteiger charge is -2.32. The Balaban J connectivity index is 2.34. The van der Waals surface area contributed by atoms with E-state index in [1.165, 1.54) is 0 Å². The summed E-state index contributed by atoms with van der Waals surface area (Å²) < 4.78 is 33.1. The van der Waals surface area contributed by atoms with Gasteiger partial charge in [-0.25, -0.2) is 8.42 Å². The molecular weight excluding hydrogens is 356 g/mol. The molecular formula is C14H21BrN2O3S. The molecule has 2 N–H and O–H groups in total. The number of ether oxygens (including phenoxy) is 1. The van der Waals surface area contributed by atoms with Gasteiger partial charge >= 0.3 is 0 Å². The van der Waals surface area contributed by atoms with Crippen LogP contribution in [0.3, 0.4) is 0 Å². The summed E-state index contributed by atoms with van der Waals surface area (Å²) in [4.78, 5) is 0.285. The minimum atomic E-state index is -3.52. The van der Waals surface area contributed by atoms with Crippen LogP contribution in [0.5, 0.6) is 0 Å². The molecule has 1 aliphatic rings. The van der Waals surface area contributed by atoms with Crippen LogP contribution in [-0.4, -0.2) is 39.5 Å². The molecule has 1 aromatic carbocycles. The first-order valence-corrected chi connectivity index (χ1v) is 9.14. The minimum Gasteiger partial charge on any atom is -0.398 e. The largest absolute Gasteiger partial charge is 0.398 e. The first kappa shape index (κ1) is 16.7. The average Bonchev–Trinajstić information content (AvgIpc) is 2.43. The van der Waals surface area contributed by atoms with Crippen molar-refractivity contribution in [3.05, 3.63) is 22.2 Å². The molecule has 0 spiro atoms. The van der Waals surface area contributed by atoms with Gasteiger partial charge in [0.15, 0.2) is 0 Å². The molecule has 5 nitrogen and oxygen atoms in total. The number of nitrogens with zero attached hydrogens (tertiary/aromatic N) is 1. The number of benzene rings is 1. The van der Waals surface area contributed by atoms with Crippen molar-refractivity contribution in [2.75, 3.05) is 32.5 Å². The summed E-state index contributed by atoms with van der Waals surface area (Å²) in [6.07, 6.45) is 1.86. The summed E-state index contributed by atoms with van der Waals surface area (Å²) in [5.74, 6) is 0.253. The van der Waals surface area contributed by atoms with Gasteiger partial charge in [0.05, 0.1) is 11.5 Å². The Hall–Kier alpha value is -0.630. The van der Waals surface area contributed by atoms with Gasteiger partial charge in [0.1, 0.15) is 0 Å². The van der Waals surface area contributed by atoms with Crippen LogP contribution in [0.25, 0.3) is 0 Å². The minimum absolute atomic E-state index is 0.253. The van der Waals surface area contributed by atoms with Gasteiger partial charge in [0, 0.05) is 30.4 Å². The lowest BCUT2D eigenvalue weighted by molar-refractivity contribution is 0.118. The van der Waals surface area contributed by atoms with Gasteiger partial charge in [-0.3, -0.25) is 0 Å². The van der Waals surface area contributed by atoms with Crippen molar-refractivity contribution in [2.45, 2.75) is 24.7 Å². The summed E-state index contributed by atoms with van der Waals surface area (Å²) in [6.45, 7) is 3.38. The standard InChI is InChI=1S/C14H21BrN2O3S/c1-10-13(16)6-12(15)7-14(10)21(18,19)17-5-3-4-11(8-17)9-20-2/h6-7,11H,3-5,8-9,16H2,1-2H3. The Morgan fingerprint density at radius 1 is 1.48 bits per heavy atom. The Bertz CT molecular complexity index is 617. The van der Waals surface area contributed by atoms with E-state index in [1.54, 1.807) is 30.5 Å². The number of halogens is 1.